The lowest BCUT2D eigenvalue weighted by molar-refractivity contribution is 0.262. The molecule has 0 saturated carbocycles. The number of sulfonamides is 1. The highest BCUT2D eigenvalue weighted by Gasteiger charge is 2.34. The summed E-state index contributed by atoms with van der Waals surface area (Å²) in [5, 5.41) is 2.58. The molecule has 1 aromatic carbocycles. The van der Waals surface area contributed by atoms with E-state index >= 15 is 0 Å². The Bertz CT molecular complexity index is 637. The lowest BCUT2D eigenvalue weighted by Gasteiger charge is -2.33. The van der Waals surface area contributed by atoms with Crippen LogP contribution in [0, 0.1) is 5.82 Å². The molecule has 1 fully saturated rings. The molecule has 0 atom stereocenters. The van der Waals surface area contributed by atoms with Gasteiger partial charge in [0.15, 0.2) is 5.82 Å². The quantitative estimate of drug-likeness (QED) is 0.760. The summed E-state index contributed by atoms with van der Waals surface area (Å²) >= 11 is 11.5. The molecule has 0 aromatic heterocycles. The molecule has 132 valence electrons. The fourth-order valence-corrected chi connectivity index (χ4v) is 5.15. The van der Waals surface area contributed by atoms with E-state index in [2.05, 4.69) is 5.32 Å². The number of hydrogen-bond acceptors (Lipinski definition) is 3. The number of hydrogen-bond donors (Lipinski definition) is 1. The summed E-state index contributed by atoms with van der Waals surface area (Å²) in [5.41, 5.74) is 0. The van der Waals surface area contributed by atoms with E-state index in [4.69, 9.17) is 23.2 Å². The van der Waals surface area contributed by atoms with Crippen LogP contribution in [0.1, 0.15) is 26.2 Å². The van der Waals surface area contributed by atoms with Gasteiger partial charge in [0.2, 0.25) is 10.0 Å². The van der Waals surface area contributed by atoms with Gasteiger partial charge in [-0.25, -0.2) is 12.8 Å². The maximum Gasteiger partial charge on any atom is 0.244 e. The van der Waals surface area contributed by atoms with E-state index in [1.807, 2.05) is 6.92 Å². The molecule has 0 amide bonds. The van der Waals surface area contributed by atoms with E-state index in [1.165, 1.54) is 16.4 Å². The molecular weight excluding hydrogens is 386 g/mol. The lowest BCUT2D eigenvalue weighted by Crippen LogP contribution is -2.46. The number of nitrogens with zero attached hydrogens (tertiary/aromatic N) is 1. The summed E-state index contributed by atoms with van der Waals surface area (Å²) in [7, 11) is -3.86. The standard InChI is InChI=1S/C14H19Cl2FN2O2S.ClH/c1-2-9-19(10-5-7-18-8-6-10)22(20,21)12-4-3-11(15)14(17)13(12)16;/h3-4,10,18H,2,5-9H2,1H3;1H. The van der Waals surface area contributed by atoms with Crippen molar-refractivity contribution in [2.75, 3.05) is 19.6 Å². The van der Waals surface area contributed by atoms with Gasteiger partial charge in [-0.3, -0.25) is 0 Å². The van der Waals surface area contributed by atoms with Crippen molar-refractivity contribution in [1.82, 2.24) is 9.62 Å². The summed E-state index contributed by atoms with van der Waals surface area (Å²) in [6, 6.07) is 2.40. The van der Waals surface area contributed by atoms with Crippen molar-refractivity contribution < 1.29 is 12.8 Å². The van der Waals surface area contributed by atoms with Crippen LogP contribution in [0.5, 0.6) is 0 Å². The van der Waals surface area contributed by atoms with E-state index in [9.17, 15) is 12.8 Å². The molecule has 23 heavy (non-hydrogen) atoms. The van der Waals surface area contributed by atoms with Crippen LogP contribution in [0.4, 0.5) is 4.39 Å². The third kappa shape index (κ3) is 4.50. The molecule has 2 rings (SSSR count). The van der Waals surface area contributed by atoms with E-state index in [0.29, 0.717) is 13.0 Å². The Morgan fingerprint density at radius 1 is 1.30 bits per heavy atom. The van der Waals surface area contributed by atoms with Crippen molar-refractivity contribution in [2.45, 2.75) is 37.1 Å². The van der Waals surface area contributed by atoms with Gasteiger partial charge < -0.3 is 5.32 Å². The van der Waals surface area contributed by atoms with Gasteiger partial charge in [-0.15, -0.1) is 12.4 Å². The van der Waals surface area contributed by atoms with Gasteiger partial charge in [-0.05, 0) is 44.5 Å². The zero-order valence-electron chi connectivity index (χ0n) is 12.7. The largest absolute Gasteiger partial charge is 0.317 e. The predicted octanol–water partition coefficient (Wildman–Crippen LogP) is 3.71. The fraction of sp³-hybridized carbons (Fsp3) is 0.571. The highest BCUT2D eigenvalue weighted by atomic mass is 35.5. The fourth-order valence-electron chi connectivity index (χ4n) is 2.65. The predicted molar refractivity (Wildman–Crippen MR) is 93.7 cm³/mol. The lowest BCUT2D eigenvalue weighted by atomic mass is 10.1. The third-order valence-electron chi connectivity index (χ3n) is 3.75. The summed E-state index contributed by atoms with van der Waals surface area (Å²) in [6.07, 6.45) is 2.14. The molecule has 0 aliphatic carbocycles. The molecule has 0 bridgehead atoms. The number of piperidine rings is 1. The second kappa shape index (κ2) is 8.83. The van der Waals surface area contributed by atoms with E-state index in [0.717, 1.165) is 25.9 Å². The third-order valence-corrected chi connectivity index (χ3v) is 6.51. The van der Waals surface area contributed by atoms with Crippen LogP contribution in [0.15, 0.2) is 17.0 Å². The molecule has 4 nitrogen and oxygen atoms in total. The normalized spacial score (nSPS) is 16.4. The van der Waals surface area contributed by atoms with E-state index < -0.39 is 20.9 Å². The molecule has 1 saturated heterocycles. The molecule has 0 spiro atoms. The van der Waals surface area contributed by atoms with E-state index in [1.54, 1.807) is 0 Å². The average molecular weight is 406 g/mol. The molecule has 1 N–H and O–H groups in total. The first-order chi connectivity index (χ1) is 10.4. The number of halogens is 4. The first-order valence-electron chi connectivity index (χ1n) is 7.25. The minimum absolute atomic E-state index is 0. The Hall–Kier alpha value is -0.110. The SMILES string of the molecule is CCCN(C1CCNCC1)S(=O)(=O)c1ccc(Cl)c(F)c1Cl.Cl. The Kier molecular flexibility index (Phi) is 8.04. The first-order valence-corrected chi connectivity index (χ1v) is 9.45. The minimum atomic E-state index is -3.86. The molecule has 1 aliphatic heterocycles. The maximum absolute atomic E-state index is 13.9. The van der Waals surface area contributed by atoms with E-state index in [-0.39, 0.29) is 28.4 Å². The van der Waals surface area contributed by atoms with Gasteiger partial charge >= 0.3 is 0 Å². The van der Waals surface area contributed by atoms with Crippen LogP contribution in [-0.2, 0) is 10.0 Å². The summed E-state index contributed by atoms with van der Waals surface area (Å²) in [6.45, 7) is 3.83. The van der Waals surface area contributed by atoms with Crippen LogP contribution in [0.25, 0.3) is 0 Å². The average Bonchev–Trinajstić information content (AvgIpc) is 2.50. The molecule has 1 aromatic rings. The Balaban J connectivity index is 0.00000264. The monoisotopic (exact) mass is 404 g/mol. The van der Waals surface area contributed by atoms with Crippen LogP contribution in [0.2, 0.25) is 10.0 Å². The minimum Gasteiger partial charge on any atom is -0.317 e. The van der Waals surface area contributed by atoms with Gasteiger partial charge in [-0.2, -0.15) is 4.31 Å². The van der Waals surface area contributed by atoms with Crippen LogP contribution >= 0.6 is 35.6 Å². The van der Waals surface area contributed by atoms with Gasteiger partial charge in [0.1, 0.15) is 4.90 Å². The van der Waals surface area contributed by atoms with Crippen molar-refractivity contribution in [1.29, 1.82) is 0 Å². The first kappa shape index (κ1) is 20.9. The molecular formula is C14H20Cl3FN2O2S. The van der Waals surface area contributed by atoms with Crippen molar-refractivity contribution >= 4 is 45.6 Å². The van der Waals surface area contributed by atoms with Gasteiger partial charge in [-0.1, -0.05) is 30.1 Å². The highest BCUT2D eigenvalue weighted by molar-refractivity contribution is 7.89. The van der Waals surface area contributed by atoms with Crippen molar-refractivity contribution in [2.24, 2.45) is 0 Å². The highest BCUT2D eigenvalue weighted by Crippen LogP contribution is 2.33. The van der Waals surface area contributed by atoms with Crippen LogP contribution in [0.3, 0.4) is 0 Å². The van der Waals surface area contributed by atoms with Gasteiger partial charge in [0, 0.05) is 12.6 Å². The second-order valence-electron chi connectivity index (χ2n) is 5.27. The van der Waals surface area contributed by atoms with Crippen LogP contribution in [-0.4, -0.2) is 38.4 Å². The number of benzene rings is 1. The molecule has 1 aliphatic rings. The molecule has 0 unspecified atom stereocenters. The Morgan fingerprint density at radius 3 is 2.48 bits per heavy atom. The molecule has 0 radical (unpaired) electrons. The van der Waals surface area contributed by atoms with Gasteiger partial charge in [0.25, 0.3) is 0 Å². The number of nitrogens with one attached hydrogen (secondary N) is 1. The number of rotatable bonds is 5. The summed E-state index contributed by atoms with van der Waals surface area (Å²) in [4.78, 5) is -0.219. The maximum atomic E-state index is 13.9. The Morgan fingerprint density at radius 2 is 1.91 bits per heavy atom. The molecule has 9 heteroatoms. The zero-order valence-corrected chi connectivity index (χ0v) is 15.8. The second-order valence-corrected chi connectivity index (χ2v) is 7.91. The topological polar surface area (TPSA) is 49.4 Å². The smallest absolute Gasteiger partial charge is 0.244 e. The Labute approximate surface area is 152 Å². The molecule has 1 heterocycles. The van der Waals surface area contributed by atoms with Crippen molar-refractivity contribution in [3.8, 4) is 0 Å². The van der Waals surface area contributed by atoms with Crippen molar-refractivity contribution in [3.05, 3.63) is 28.0 Å². The summed E-state index contributed by atoms with van der Waals surface area (Å²) < 4.78 is 41.1. The van der Waals surface area contributed by atoms with Crippen molar-refractivity contribution in [3.63, 3.8) is 0 Å². The van der Waals surface area contributed by atoms with Gasteiger partial charge in [0.05, 0.1) is 10.0 Å². The zero-order chi connectivity index (χ0) is 16.3. The van der Waals surface area contributed by atoms with Crippen LogP contribution < -0.4 is 5.32 Å². The summed E-state index contributed by atoms with van der Waals surface area (Å²) in [5.74, 6) is -0.897.